The summed E-state index contributed by atoms with van der Waals surface area (Å²) in [7, 11) is 3.08. The average molecular weight is 420 g/mol. The molecule has 9 heteroatoms. The van der Waals surface area contributed by atoms with Crippen molar-refractivity contribution in [3.63, 3.8) is 0 Å². The number of rotatable bonds is 9. The Bertz CT molecular complexity index is 864. The van der Waals surface area contributed by atoms with Gasteiger partial charge in [-0.15, -0.1) is 11.3 Å². The molecule has 0 aliphatic rings. The quantitative estimate of drug-likeness (QED) is 0.626. The summed E-state index contributed by atoms with van der Waals surface area (Å²) < 4.78 is 10.3. The average Bonchev–Trinajstić information content (AvgIpc) is 3.11. The number of thiazole rings is 1. The molecule has 0 bridgehead atoms. The molecule has 0 saturated heterocycles. The third-order valence-electron chi connectivity index (χ3n) is 4.02. The molecule has 0 atom stereocenters. The lowest BCUT2D eigenvalue weighted by Gasteiger charge is -2.16. The zero-order chi connectivity index (χ0) is 21.4. The van der Waals surface area contributed by atoms with Gasteiger partial charge >= 0.3 is 5.97 Å². The molecule has 0 aliphatic heterocycles. The summed E-state index contributed by atoms with van der Waals surface area (Å²) in [5.41, 5.74) is 1.39. The van der Waals surface area contributed by atoms with Crippen LogP contribution in [0.25, 0.3) is 10.6 Å². The smallest absolute Gasteiger partial charge is 0.350 e. The van der Waals surface area contributed by atoms with Crippen LogP contribution < -0.4 is 10.1 Å². The van der Waals surface area contributed by atoms with Crippen molar-refractivity contribution in [2.75, 3.05) is 33.9 Å². The third-order valence-corrected chi connectivity index (χ3v) is 5.21. The fourth-order valence-electron chi connectivity index (χ4n) is 2.37. The molecule has 2 aromatic rings. The standard InChI is InChI=1S/C20H25N3O5S/c1-5-10-21-16(24)11-23(3)17(25)12-28-20(26)18-13(2)22-19(29-18)14-6-8-15(27-4)9-7-14/h6-9H,5,10-12H2,1-4H3,(H,21,24). The van der Waals surface area contributed by atoms with Crippen LogP contribution in [0.4, 0.5) is 0 Å². The van der Waals surface area contributed by atoms with Crippen LogP contribution in [-0.2, 0) is 14.3 Å². The van der Waals surface area contributed by atoms with Crippen LogP contribution in [0.3, 0.4) is 0 Å². The van der Waals surface area contributed by atoms with Crippen molar-refractivity contribution in [3.05, 3.63) is 34.8 Å². The molecule has 8 nitrogen and oxygen atoms in total. The van der Waals surface area contributed by atoms with Crippen molar-refractivity contribution in [3.8, 4) is 16.3 Å². The largest absolute Gasteiger partial charge is 0.497 e. The molecule has 0 saturated carbocycles. The number of hydrogen-bond donors (Lipinski definition) is 1. The van der Waals surface area contributed by atoms with Crippen molar-refractivity contribution >= 4 is 29.1 Å². The van der Waals surface area contributed by atoms with E-state index in [0.29, 0.717) is 22.1 Å². The number of benzene rings is 1. The van der Waals surface area contributed by atoms with Crippen molar-refractivity contribution in [1.82, 2.24) is 15.2 Å². The highest BCUT2D eigenvalue weighted by molar-refractivity contribution is 7.17. The van der Waals surface area contributed by atoms with Crippen molar-refractivity contribution in [2.24, 2.45) is 0 Å². The van der Waals surface area contributed by atoms with E-state index in [2.05, 4.69) is 10.3 Å². The molecule has 156 valence electrons. The highest BCUT2D eigenvalue weighted by Gasteiger charge is 2.20. The lowest BCUT2D eigenvalue weighted by molar-refractivity contribution is -0.137. The summed E-state index contributed by atoms with van der Waals surface area (Å²) in [6, 6.07) is 7.34. The fourth-order valence-corrected chi connectivity index (χ4v) is 3.34. The number of nitrogens with one attached hydrogen (secondary N) is 1. The van der Waals surface area contributed by atoms with Crippen LogP contribution in [-0.4, -0.2) is 61.5 Å². The highest BCUT2D eigenvalue weighted by Crippen LogP contribution is 2.29. The van der Waals surface area contributed by atoms with Crippen LogP contribution in [0.5, 0.6) is 5.75 Å². The van der Waals surface area contributed by atoms with Crippen LogP contribution in [0.2, 0.25) is 0 Å². The summed E-state index contributed by atoms with van der Waals surface area (Å²) in [5, 5.41) is 3.36. The highest BCUT2D eigenvalue weighted by atomic mass is 32.1. The maximum absolute atomic E-state index is 12.4. The second-order valence-corrected chi connectivity index (χ2v) is 7.34. The number of likely N-dealkylation sites (N-methyl/N-ethyl adjacent to an activating group) is 1. The SMILES string of the molecule is CCCNC(=O)CN(C)C(=O)COC(=O)c1sc(-c2ccc(OC)cc2)nc1C. The van der Waals surface area contributed by atoms with E-state index in [1.165, 1.54) is 23.3 Å². The summed E-state index contributed by atoms with van der Waals surface area (Å²) in [4.78, 5) is 42.1. The van der Waals surface area contributed by atoms with Crippen LogP contribution in [0.1, 0.15) is 28.7 Å². The van der Waals surface area contributed by atoms with Gasteiger partial charge < -0.3 is 19.7 Å². The monoisotopic (exact) mass is 419 g/mol. The fraction of sp³-hybridized carbons (Fsp3) is 0.400. The molecular formula is C20H25N3O5S. The Hall–Kier alpha value is -2.94. The van der Waals surface area contributed by atoms with Gasteiger partial charge in [-0.1, -0.05) is 6.92 Å². The number of esters is 1. The van der Waals surface area contributed by atoms with E-state index in [9.17, 15) is 14.4 Å². The first-order valence-corrected chi connectivity index (χ1v) is 9.97. The van der Waals surface area contributed by atoms with Gasteiger partial charge in [0.1, 0.15) is 15.6 Å². The molecule has 1 heterocycles. The van der Waals surface area contributed by atoms with Crippen LogP contribution >= 0.6 is 11.3 Å². The lowest BCUT2D eigenvalue weighted by Crippen LogP contribution is -2.40. The van der Waals surface area contributed by atoms with Crippen LogP contribution in [0.15, 0.2) is 24.3 Å². The Balaban J connectivity index is 1.94. The van der Waals surface area contributed by atoms with E-state index in [1.807, 2.05) is 31.2 Å². The van der Waals surface area contributed by atoms with Crippen molar-refractivity contribution < 1.29 is 23.9 Å². The Morgan fingerprint density at radius 2 is 1.90 bits per heavy atom. The van der Waals surface area contributed by atoms with Gasteiger partial charge in [-0.25, -0.2) is 9.78 Å². The van der Waals surface area contributed by atoms with E-state index < -0.39 is 18.5 Å². The van der Waals surface area contributed by atoms with Gasteiger partial charge in [0.15, 0.2) is 6.61 Å². The molecule has 2 amide bonds. The number of aromatic nitrogens is 1. The number of amides is 2. The molecular weight excluding hydrogens is 394 g/mol. The summed E-state index contributed by atoms with van der Waals surface area (Å²) in [6.45, 7) is 3.68. The van der Waals surface area contributed by atoms with Gasteiger partial charge in [-0.2, -0.15) is 0 Å². The normalized spacial score (nSPS) is 10.3. The number of ether oxygens (including phenoxy) is 2. The van der Waals surface area contributed by atoms with Gasteiger partial charge in [-0.05, 0) is 37.6 Å². The molecule has 1 N–H and O–H groups in total. The zero-order valence-corrected chi connectivity index (χ0v) is 17.8. The van der Waals surface area contributed by atoms with Crippen molar-refractivity contribution in [1.29, 1.82) is 0 Å². The van der Waals surface area contributed by atoms with Crippen LogP contribution in [0, 0.1) is 6.92 Å². The Morgan fingerprint density at radius 1 is 1.21 bits per heavy atom. The molecule has 0 aliphatic carbocycles. The molecule has 0 fully saturated rings. The van der Waals surface area contributed by atoms with Gasteiger partial charge in [-0.3, -0.25) is 9.59 Å². The Morgan fingerprint density at radius 3 is 2.52 bits per heavy atom. The number of methoxy groups -OCH3 is 1. The molecule has 0 unspecified atom stereocenters. The summed E-state index contributed by atoms with van der Waals surface area (Å²) >= 11 is 1.20. The van der Waals surface area contributed by atoms with Gasteiger partial charge in [0, 0.05) is 19.2 Å². The molecule has 2 rings (SSSR count). The van der Waals surface area contributed by atoms with E-state index in [0.717, 1.165) is 17.7 Å². The minimum Gasteiger partial charge on any atom is -0.497 e. The molecule has 29 heavy (non-hydrogen) atoms. The number of nitrogens with zero attached hydrogens (tertiary/aromatic N) is 2. The molecule has 1 aromatic carbocycles. The van der Waals surface area contributed by atoms with E-state index >= 15 is 0 Å². The van der Waals surface area contributed by atoms with E-state index in [4.69, 9.17) is 9.47 Å². The summed E-state index contributed by atoms with van der Waals surface area (Å²) in [6.07, 6.45) is 0.813. The maximum atomic E-state index is 12.4. The first-order valence-electron chi connectivity index (χ1n) is 9.15. The molecule has 0 spiro atoms. The maximum Gasteiger partial charge on any atom is 0.350 e. The first kappa shape index (κ1) is 22.4. The number of aryl methyl sites for hydroxylation is 1. The molecule has 0 radical (unpaired) electrons. The zero-order valence-electron chi connectivity index (χ0n) is 17.0. The number of carbonyl (C=O) groups excluding carboxylic acids is 3. The Kier molecular flexibility index (Phi) is 8.14. The van der Waals surface area contributed by atoms with Gasteiger partial charge in [0.25, 0.3) is 5.91 Å². The minimum absolute atomic E-state index is 0.0857. The summed E-state index contributed by atoms with van der Waals surface area (Å²) in [5.74, 6) is -0.594. The topological polar surface area (TPSA) is 97.8 Å². The van der Waals surface area contributed by atoms with E-state index in [-0.39, 0.29) is 12.5 Å². The second kappa shape index (κ2) is 10.6. The molecule has 1 aromatic heterocycles. The van der Waals surface area contributed by atoms with Gasteiger partial charge in [0.05, 0.1) is 19.3 Å². The minimum atomic E-state index is -0.614. The third kappa shape index (κ3) is 6.28. The Labute approximate surface area is 173 Å². The number of hydrogen-bond acceptors (Lipinski definition) is 7. The second-order valence-electron chi connectivity index (χ2n) is 6.34. The van der Waals surface area contributed by atoms with Gasteiger partial charge in [0.2, 0.25) is 5.91 Å². The lowest BCUT2D eigenvalue weighted by atomic mass is 10.2. The predicted octanol–water partition coefficient (Wildman–Crippen LogP) is 2.27. The first-order chi connectivity index (χ1) is 13.8. The predicted molar refractivity (Wildman–Crippen MR) is 110 cm³/mol. The number of carbonyl (C=O) groups is 3. The van der Waals surface area contributed by atoms with Crippen molar-refractivity contribution in [2.45, 2.75) is 20.3 Å². The van der Waals surface area contributed by atoms with E-state index in [1.54, 1.807) is 14.0 Å².